The summed E-state index contributed by atoms with van der Waals surface area (Å²) in [6, 6.07) is 0. The Hall–Kier alpha value is -1.42. The normalized spacial score (nSPS) is 40.2. The highest BCUT2D eigenvalue weighted by atomic mass is 16.7. The van der Waals surface area contributed by atoms with Gasteiger partial charge in [0, 0.05) is 37.0 Å². The van der Waals surface area contributed by atoms with Crippen molar-refractivity contribution in [3.63, 3.8) is 0 Å². The molecule has 0 saturated heterocycles. The van der Waals surface area contributed by atoms with Crippen LogP contribution >= 0.6 is 0 Å². The predicted octanol–water partition coefficient (Wildman–Crippen LogP) is 2.39. The summed E-state index contributed by atoms with van der Waals surface area (Å²) in [5.74, 6) is -0.407. The fourth-order valence-corrected chi connectivity index (χ4v) is 3.98. The molecule has 1 fully saturated rings. The van der Waals surface area contributed by atoms with Gasteiger partial charge in [-0.3, -0.25) is 4.79 Å². The summed E-state index contributed by atoms with van der Waals surface area (Å²) in [5, 5.41) is 0. The van der Waals surface area contributed by atoms with Gasteiger partial charge in [0.15, 0.2) is 5.78 Å². The zero-order chi connectivity index (χ0) is 14.7. The Morgan fingerprint density at radius 3 is 2.70 bits per heavy atom. The van der Waals surface area contributed by atoms with Gasteiger partial charge in [0.2, 0.25) is 5.79 Å². The van der Waals surface area contributed by atoms with Gasteiger partial charge < -0.3 is 9.47 Å². The number of hydrogen-bond donors (Lipinski definition) is 0. The second kappa shape index (κ2) is 4.29. The summed E-state index contributed by atoms with van der Waals surface area (Å²) in [4.78, 5) is 24.0. The van der Waals surface area contributed by atoms with Crippen LogP contribution in [0.25, 0.3) is 0 Å². The average molecular weight is 276 g/mol. The van der Waals surface area contributed by atoms with Crippen molar-refractivity contribution in [3.05, 3.63) is 22.8 Å². The van der Waals surface area contributed by atoms with E-state index in [0.717, 1.165) is 11.1 Å². The van der Waals surface area contributed by atoms with Crippen molar-refractivity contribution in [2.75, 3.05) is 7.11 Å². The van der Waals surface area contributed by atoms with E-state index in [4.69, 9.17) is 9.47 Å². The monoisotopic (exact) mass is 276 g/mol. The number of Topliss-reactive ketones (excluding diaryl/α,β-unsaturated/α-hetero) is 1. The van der Waals surface area contributed by atoms with Gasteiger partial charge in [0.25, 0.3) is 0 Å². The van der Waals surface area contributed by atoms with Crippen LogP contribution in [0.2, 0.25) is 0 Å². The molecular weight excluding hydrogens is 256 g/mol. The second-order valence-electron chi connectivity index (χ2n) is 6.23. The largest absolute Gasteiger partial charge is 0.426 e. The number of ketones is 1. The molecular formula is C16H20O4. The van der Waals surface area contributed by atoms with Crippen LogP contribution in [0.4, 0.5) is 0 Å². The predicted molar refractivity (Wildman–Crippen MR) is 72.7 cm³/mol. The van der Waals surface area contributed by atoms with Crippen molar-refractivity contribution in [2.45, 2.75) is 39.4 Å². The van der Waals surface area contributed by atoms with Gasteiger partial charge in [0.1, 0.15) is 0 Å². The molecule has 0 aromatic rings. The van der Waals surface area contributed by atoms with E-state index in [2.05, 4.69) is 6.92 Å². The molecule has 2 aliphatic carbocycles. The van der Waals surface area contributed by atoms with Gasteiger partial charge >= 0.3 is 5.97 Å². The number of rotatable bonds is 1. The molecule has 4 atom stereocenters. The fourth-order valence-electron chi connectivity index (χ4n) is 3.98. The third-order valence-electron chi connectivity index (χ3n) is 5.11. The maximum absolute atomic E-state index is 12.0. The van der Waals surface area contributed by atoms with Crippen molar-refractivity contribution >= 4 is 11.8 Å². The van der Waals surface area contributed by atoms with E-state index in [0.29, 0.717) is 18.4 Å². The maximum atomic E-state index is 12.0. The summed E-state index contributed by atoms with van der Waals surface area (Å²) < 4.78 is 11.2. The van der Waals surface area contributed by atoms with Crippen LogP contribution in [-0.2, 0) is 19.1 Å². The molecule has 0 radical (unpaired) electrons. The molecule has 0 amide bonds. The zero-order valence-electron chi connectivity index (χ0n) is 12.4. The van der Waals surface area contributed by atoms with E-state index in [9.17, 15) is 9.59 Å². The second-order valence-corrected chi connectivity index (χ2v) is 6.23. The van der Waals surface area contributed by atoms with Crippen LogP contribution in [0.5, 0.6) is 0 Å². The van der Waals surface area contributed by atoms with Gasteiger partial charge in [-0.1, -0.05) is 13.0 Å². The van der Waals surface area contributed by atoms with E-state index in [1.807, 2.05) is 13.0 Å². The smallest absolute Gasteiger partial charge is 0.336 e. The van der Waals surface area contributed by atoms with Crippen molar-refractivity contribution in [3.8, 4) is 0 Å². The summed E-state index contributed by atoms with van der Waals surface area (Å²) in [6.45, 7) is 5.75. The summed E-state index contributed by atoms with van der Waals surface area (Å²) in [5.41, 5.74) is 2.36. The zero-order valence-corrected chi connectivity index (χ0v) is 12.4. The lowest BCUT2D eigenvalue weighted by Crippen LogP contribution is -2.48. The molecule has 0 unspecified atom stereocenters. The highest BCUT2D eigenvalue weighted by Gasteiger charge is 2.56. The van der Waals surface area contributed by atoms with Crippen molar-refractivity contribution < 1.29 is 19.1 Å². The van der Waals surface area contributed by atoms with Gasteiger partial charge in [-0.15, -0.1) is 0 Å². The Kier molecular flexibility index (Phi) is 2.91. The minimum atomic E-state index is -0.918. The standard InChI is InChI=1S/C16H20O4/c1-8-5-12-11(6-13(8)17)9(2)7-16(19-4)14(12)10(3)15(18)20-16/h5,9,11-12H,6-7H2,1-4H3/t9-,11-,12+,16-/m0/s1. The number of allylic oxidation sites excluding steroid dienone is 2. The molecule has 20 heavy (non-hydrogen) atoms. The quantitative estimate of drug-likeness (QED) is 0.690. The number of hydrogen-bond acceptors (Lipinski definition) is 4. The maximum Gasteiger partial charge on any atom is 0.336 e. The van der Waals surface area contributed by atoms with Gasteiger partial charge in [-0.25, -0.2) is 4.79 Å². The highest BCUT2D eigenvalue weighted by Crippen LogP contribution is 2.54. The molecule has 4 nitrogen and oxygen atoms in total. The molecule has 4 heteroatoms. The SMILES string of the molecule is CO[C@]12C[C@H](C)[C@@H]3CC(=O)C(C)=C[C@H]3C1=C(C)C(=O)O2. The third-order valence-corrected chi connectivity index (χ3v) is 5.11. The van der Waals surface area contributed by atoms with E-state index in [1.165, 1.54) is 0 Å². The molecule has 108 valence electrons. The number of esters is 1. The van der Waals surface area contributed by atoms with E-state index < -0.39 is 5.79 Å². The Morgan fingerprint density at radius 2 is 2.05 bits per heavy atom. The van der Waals surface area contributed by atoms with Gasteiger partial charge in [-0.2, -0.15) is 0 Å². The first-order valence-electron chi connectivity index (χ1n) is 7.11. The van der Waals surface area contributed by atoms with Crippen LogP contribution < -0.4 is 0 Å². The Labute approximate surface area is 118 Å². The van der Waals surface area contributed by atoms with E-state index >= 15 is 0 Å². The first-order valence-corrected chi connectivity index (χ1v) is 7.11. The number of carbonyl (C=O) groups is 2. The lowest BCUT2D eigenvalue weighted by atomic mass is 9.62. The molecule has 0 aromatic heterocycles. The molecule has 0 spiro atoms. The Morgan fingerprint density at radius 1 is 1.35 bits per heavy atom. The van der Waals surface area contributed by atoms with Crippen molar-refractivity contribution in [2.24, 2.45) is 17.8 Å². The molecule has 0 aromatic carbocycles. The lowest BCUT2D eigenvalue weighted by molar-refractivity contribution is -0.209. The van der Waals surface area contributed by atoms with Crippen LogP contribution in [0.15, 0.2) is 22.8 Å². The molecule has 1 saturated carbocycles. The first kappa shape index (κ1) is 13.6. The summed E-state index contributed by atoms with van der Waals surface area (Å²) >= 11 is 0. The average Bonchev–Trinajstić information content (AvgIpc) is 2.65. The van der Waals surface area contributed by atoms with E-state index in [1.54, 1.807) is 14.0 Å². The van der Waals surface area contributed by atoms with Crippen LogP contribution in [0, 0.1) is 17.8 Å². The lowest BCUT2D eigenvalue weighted by Gasteiger charge is -2.46. The topological polar surface area (TPSA) is 52.6 Å². The number of carbonyl (C=O) groups excluding carboxylic acids is 2. The molecule has 0 bridgehead atoms. The van der Waals surface area contributed by atoms with Crippen LogP contribution in [0.3, 0.4) is 0 Å². The molecule has 1 heterocycles. The highest BCUT2D eigenvalue weighted by molar-refractivity contribution is 5.97. The fraction of sp³-hybridized carbons (Fsp3) is 0.625. The van der Waals surface area contributed by atoms with Crippen molar-refractivity contribution in [1.82, 2.24) is 0 Å². The summed E-state index contributed by atoms with van der Waals surface area (Å²) in [7, 11) is 1.59. The molecule has 3 aliphatic rings. The first-order chi connectivity index (χ1) is 9.39. The van der Waals surface area contributed by atoms with Crippen molar-refractivity contribution in [1.29, 1.82) is 0 Å². The Bertz CT molecular complexity index is 557. The molecule has 0 N–H and O–H groups in total. The molecule has 3 rings (SSSR count). The molecule has 1 aliphatic heterocycles. The number of fused-ring (bicyclic) bond motifs is 3. The Balaban J connectivity index is 2.16. The minimum absolute atomic E-state index is 0.0721. The summed E-state index contributed by atoms with van der Waals surface area (Å²) in [6.07, 6.45) is 3.18. The van der Waals surface area contributed by atoms with Crippen LogP contribution in [0.1, 0.15) is 33.6 Å². The minimum Gasteiger partial charge on any atom is -0.426 e. The van der Waals surface area contributed by atoms with E-state index in [-0.39, 0.29) is 29.5 Å². The third kappa shape index (κ3) is 1.64. The number of ether oxygens (including phenoxy) is 2. The van der Waals surface area contributed by atoms with Gasteiger partial charge in [0.05, 0.1) is 0 Å². The van der Waals surface area contributed by atoms with Gasteiger partial charge in [-0.05, 0) is 31.3 Å². The van der Waals surface area contributed by atoms with Crippen LogP contribution in [-0.4, -0.2) is 24.6 Å². The number of methoxy groups -OCH3 is 1.